The lowest BCUT2D eigenvalue weighted by Crippen LogP contribution is -1.91. The average molecular weight is 617 g/mol. The van der Waals surface area contributed by atoms with Crippen molar-refractivity contribution >= 4 is 88.5 Å². The van der Waals surface area contributed by atoms with Gasteiger partial charge in [0.15, 0.2) is 0 Å². The second-order valence-corrected chi connectivity index (χ2v) is 12.3. The normalized spacial score (nSPS) is 12.3. The molecule has 0 radical (unpaired) electrons. The van der Waals surface area contributed by atoms with Gasteiger partial charge in [0.05, 0.1) is 5.56 Å². The summed E-state index contributed by atoms with van der Waals surface area (Å²) in [6.07, 6.45) is 5.90. The summed E-state index contributed by atoms with van der Waals surface area (Å²) in [7, 11) is 0. The lowest BCUT2D eigenvalue weighted by Gasteiger charge is -2.18. The third-order valence-corrected chi connectivity index (χ3v) is 9.76. The van der Waals surface area contributed by atoms with Gasteiger partial charge in [-0.3, -0.25) is 0 Å². The Morgan fingerprint density at radius 2 is 0.979 bits per heavy atom. The van der Waals surface area contributed by atoms with Gasteiger partial charge in [0, 0.05) is 38.1 Å². The van der Waals surface area contributed by atoms with Crippen molar-refractivity contribution < 1.29 is 13.3 Å². The predicted molar refractivity (Wildman–Crippen MR) is 201 cm³/mol. The molecule has 3 nitrogen and oxygen atoms in total. The largest absolute Gasteiger partial charge is 0.456 e. The van der Waals surface area contributed by atoms with Gasteiger partial charge in [0.2, 0.25) is 0 Å². The third kappa shape index (κ3) is 3.64. The van der Waals surface area contributed by atoms with Crippen LogP contribution in [0.4, 0.5) is 0 Å². The number of para-hydroxylation sites is 2. The molecule has 3 aromatic heterocycles. The SMILES string of the molecule is C=Cc1oc2cc(-c3c4ccccc4c(-c4c5oc6ccccc6c5cc5c4oc4ccccc45)c4ccccc34)ccc2c1/C=C\C. The van der Waals surface area contributed by atoms with E-state index in [2.05, 4.69) is 110 Å². The lowest BCUT2D eigenvalue weighted by molar-refractivity contribution is 0.603. The fourth-order valence-electron chi connectivity index (χ4n) is 7.75. The fourth-order valence-corrected chi connectivity index (χ4v) is 7.75. The van der Waals surface area contributed by atoms with E-state index in [1.165, 1.54) is 0 Å². The number of furan rings is 3. The summed E-state index contributed by atoms with van der Waals surface area (Å²) in [5, 5.41) is 9.96. The first kappa shape index (κ1) is 26.9. The summed E-state index contributed by atoms with van der Waals surface area (Å²) >= 11 is 0. The first-order valence-corrected chi connectivity index (χ1v) is 16.2. The molecule has 48 heavy (non-hydrogen) atoms. The standard InChI is InChI=1S/C45H28O3/c1-3-13-27-30-23-22-26(24-40(30)46-37(27)4-2)41-31-16-5-7-18-33(31)42(34-19-8-6-17-32(34)41)43-44-35(28-14-9-11-20-38(28)47-44)25-36-29-15-10-12-21-39(29)48-45(36)43/h3-25H,2H2,1H3/b13-3-. The van der Waals surface area contributed by atoms with Gasteiger partial charge in [-0.2, -0.15) is 0 Å². The van der Waals surface area contributed by atoms with Gasteiger partial charge in [-0.1, -0.05) is 110 Å². The Kier molecular flexibility index (Phi) is 5.64. The zero-order valence-corrected chi connectivity index (χ0v) is 26.2. The summed E-state index contributed by atoms with van der Waals surface area (Å²) < 4.78 is 19.9. The van der Waals surface area contributed by atoms with Crippen molar-refractivity contribution in [1.82, 2.24) is 0 Å². The second kappa shape index (κ2) is 10.1. The van der Waals surface area contributed by atoms with Gasteiger partial charge in [0.25, 0.3) is 0 Å². The maximum atomic E-state index is 6.76. The van der Waals surface area contributed by atoms with Crippen molar-refractivity contribution in [2.45, 2.75) is 6.92 Å². The highest BCUT2D eigenvalue weighted by Gasteiger charge is 2.25. The van der Waals surface area contributed by atoms with Crippen molar-refractivity contribution in [2.75, 3.05) is 0 Å². The number of benzene rings is 7. The zero-order valence-electron chi connectivity index (χ0n) is 26.2. The highest BCUT2D eigenvalue weighted by atomic mass is 16.3. The molecule has 226 valence electrons. The quantitative estimate of drug-likeness (QED) is 0.185. The van der Waals surface area contributed by atoms with Crippen molar-refractivity contribution in [1.29, 1.82) is 0 Å². The van der Waals surface area contributed by atoms with Gasteiger partial charge in [0.1, 0.15) is 33.7 Å². The van der Waals surface area contributed by atoms with E-state index in [0.717, 1.165) is 110 Å². The van der Waals surface area contributed by atoms with Crippen LogP contribution < -0.4 is 0 Å². The summed E-state index contributed by atoms with van der Waals surface area (Å²) in [6.45, 7) is 6.02. The van der Waals surface area contributed by atoms with Gasteiger partial charge in [-0.05, 0) is 76.0 Å². The van der Waals surface area contributed by atoms with Crippen LogP contribution in [-0.2, 0) is 0 Å². The molecule has 0 saturated heterocycles. The van der Waals surface area contributed by atoms with Crippen LogP contribution in [0.3, 0.4) is 0 Å². The summed E-state index contributed by atoms with van der Waals surface area (Å²) in [6, 6.07) is 42.7. The molecule has 0 bridgehead atoms. The predicted octanol–water partition coefficient (Wildman–Crippen LogP) is 13.5. The van der Waals surface area contributed by atoms with E-state index in [1.807, 2.05) is 37.3 Å². The number of hydrogen-bond acceptors (Lipinski definition) is 3. The van der Waals surface area contributed by atoms with E-state index < -0.39 is 0 Å². The Morgan fingerprint density at radius 1 is 0.458 bits per heavy atom. The van der Waals surface area contributed by atoms with Crippen LogP contribution in [0.25, 0.3) is 111 Å². The second-order valence-electron chi connectivity index (χ2n) is 12.3. The van der Waals surface area contributed by atoms with Crippen LogP contribution in [0, 0.1) is 0 Å². The Bertz CT molecular complexity index is 2830. The lowest BCUT2D eigenvalue weighted by atomic mass is 9.85. The van der Waals surface area contributed by atoms with Crippen molar-refractivity contribution in [3.63, 3.8) is 0 Å². The molecule has 3 heteroatoms. The Balaban J connectivity index is 1.37. The molecule has 10 aromatic rings. The molecule has 3 heterocycles. The van der Waals surface area contributed by atoms with Gasteiger partial charge in [-0.25, -0.2) is 0 Å². The van der Waals surface area contributed by atoms with Gasteiger partial charge >= 0.3 is 0 Å². The molecule has 0 aliphatic carbocycles. The molecule has 0 atom stereocenters. The molecule has 7 aromatic carbocycles. The Hall–Kier alpha value is -6.32. The average Bonchev–Trinajstić information content (AvgIpc) is 3.81. The molecule has 0 N–H and O–H groups in total. The van der Waals surface area contributed by atoms with Crippen molar-refractivity contribution in [2.24, 2.45) is 0 Å². The number of allylic oxidation sites excluding steroid dienone is 1. The number of rotatable bonds is 4. The van der Waals surface area contributed by atoms with Crippen LogP contribution in [0.1, 0.15) is 18.2 Å². The maximum Gasteiger partial charge on any atom is 0.147 e. The summed E-state index contributed by atoms with van der Waals surface area (Å²) in [5.74, 6) is 0.777. The molecule has 0 saturated carbocycles. The van der Waals surface area contributed by atoms with Crippen LogP contribution in [-0.4, -0.2) is 0 Å². The topological polar surface area (TPSA) is 39.4 Å². The number of hydrogen-bond donors (Lipinski definition) is 0. The first-order chi connectivity index (χ1) is 23.7. The first-order valence-electron chi connectivity index (χ1n) is 16.2. The van der Waals surface area contributed by atoms with E-state index in [9.17, 15) is 0 Å². The highest BCUT2D eigenvalue weighted by molar-refractivity contribution is 6.29. The van der Waals surface area contributed by atoms with E-state index in [-0.39, 0.29) is 0 Å². The maximum absolute atomic E-state index is 6.76. The van der Waals surface area contributed by atoms with Crippen LogP contribution in [0.15, 0.2) is 147 Å². The van der Waals surface area contributed by atoms with E-state index >= 15 is 0 Å². The zero-order chi connectivity index (χ0) is 31.9. The molecule has 0 aliphatic rings. The smallest absolute Gasteiger partial charge is 0.147 e. The molecule has 0 aliphatic heterocycles. The minimum absolute atomic E-state index is 0.777. The minimum atomic E-state index is 0.777. The Labute approximate surface area is 275 Å². The molecule has 0 amide bonds. The molecule has 10 rings (SSSR count). The van der Waals surface area contributed by atoms with Crippen molar-refractivity contribution in [3.05, 3.63) is 145 Å². The summed E-state index contributed by atoms with van der Waals surface area (Å²) in [5.41, 5.74) is 9.59. The Morgan fingerprint density at radius 3 is 1.52 bits per heavy atom. The van der Waals surface area contributed by atoms with Gasteiger partial charge in [-0.15, -0.1) is 0 Å². The van der Waals surface area contributed by atoms with Gasteiger partial charge < -0.3 is 13.3 Å². The van der Waals surface area contributed by atoms with E-state index in [0.29, 0.717) is 0 Å². The molecular weight excluding hydrogens is 588 g/mol. The third-order valence-electron chi connectivity index (χ3n) is 9.76. The monoisotopic (exact) mass is 616 g/mol. The minimum Gasteiger partial charge on any atom is -0.456 e. The molecule has 0 spiro atoms. The fraction of sp³-hybridized carbons (Fsp3) is 0.0222. The molecule has 0 fully saturated rings. The summed E-state index contributed by atoms with van der Waals surface area (Å²) in [4.78, 5) is 0. The van der Waals surface area contributed by atoms with E-state index in [4.69, 9.17) is 13.3 Å². The van der Waals surface area contributed by atoms with Crippen LogP contribution in [0.2, 0.25) is 0 Å². The molecular formula is C45H28O3. The number of fused-ring (bicyclic) bond motifs is 9. The highest BCUT2D eigenvalue weighted by Crippen LogP contribution is 2.50. The van der Waals surface area contributed by atoms with Crippen molar-refractivity contribution in [3.8, 4) is 22.3 Å². The van der Waals surface area contributed by atoms with E-state index in [1.54, 1.807) is 6.08 Å². The van der Waals surface area contributed by atoms with Crippen LogP contribution in [0.5, 0.6) is 0 Å². The molecule has 0 unspecified atom stereocenters. The van der Waals surface area contributed by atoms with Crippen LogP contribution >= 0.6 is 0 Å².